The molecule has 3 heteroatoms. The van der Waals surface area contributed by atoms with Crippen molar-refractivity contribution < 1.29 is 5.11 Å². The zero-order chi connectivity index (χ0) is 18.2. The largest absolute Gasteiger partial charge is 0.508 e. The van der Waals surface area contributed by atoms with Crippen molar-refractivity contribution in [1.29, 1.82) is 0 Å². The van der Waals surface area contributed by atoms with Gasteiger partial charge < -0.3 is 10.1 Å². The molecule has 0 fully saturated rings. The number of rotatable bonds is 3. The molecule has 1 aliphatic heterocycles. The van der Waals surface area contributed by atoms with E-state index < -0.39 is 0 Å². The Kier molecular flexibility index (Phi) is 3.95. The number of aromatic nitrogens is 1. The molecule has 2 N–H and O–H groups in total. The van der Waals surface area contributed by atoms with Crippen LogP contribution in [0.15, 0.2) is 79.0 Å². The van der Waals surface area contributed by atoms with E-state index in [1.165, 1.54) is 22.1 Å². The van der Waals surface area contributed by atoms with Crippen LogP contribution in [0.3, 0.4) is 0 Å². The minimum absolute atomic E-state index is 0.0205. The van der Waals surface area contributed by atoms with Crippen LogP contribution in [0.2, 0.25) is 0 Å². The lowest BCUT2D eigenvalue weighted by molar-refractivity contribution is 0.220. The van der Waals surface area contributed by atoms with Gasteiger partial charge in [0.2, 0.25) is 0 Å². The topological polar surface area (TPSA) is 39.3 Å². The van der Waals surface area contributed by atoms with E-state index in [-0.39, 0.29) is 6.04 Å². The van der Waals surface area contributed by atoms with Crippen LogP contribution < -0.4 is 0 Å². The van der Waals surface area contributed by atoms with E-state index in [9.17, 15) is 5.11 Å². The van der Waals surface area contributed by atoms with Crippen molar-refractivity contribution in [1.82, 2.24) is 9.88 Å². The Morgan fingerprint density at radius 1 is 0.926 bits per heavy atom. The van der Waals surface area contributed by atoms with Gasteiger partial charge in [-0.1, -0.05) is 60.7 Å². The third-order valence-electron chi connectivity index (χ3n) is 5.60. The summed E-state index contributed by atoms with van der Waals surface area (Å²) < 4.78 is 0. The van der Waals surface area contributed by atoms with Gasteiger partial charge in [0.1, 0.15) is 5.75 Å². The van der Waals surface area contributed by atoms with Crippen LogP contribution in [0.1, 0.15) is 28.3 Å². The molecule has 0 spiro atoms. The van der Waals surface area contributed by atoms with Gasteiger partial charge in [-0.25, -0.2) is 0 Å². The Bertz CT molecular complexity index is 1070. The molecule has 0 bridgehead atoms. The number of hydrogen-bond acceptors (Lipinski definition) is 2. The number of nitrogens with zero attached hydrogens (tertiary/aromatic N) is 1. The number of benzene rings is 3. The van der Waals surface area contributed by atoms with Crippen molar-refractivity contribution in [3.63, 3.8) is 0 Å². The van der Waals surface area contributed by atoms with E-state index in [1.54, 1.807) is 0 Å². The molecule has 0 saturated heterocycles. The molecule has 5 rings (SSSR count). The molecule has 0 radical (unpaired) electrons. The molecule has 2 heterocycles. The van der Waals surface area contributed by atoms with Crippen LogP contribution in [0, 0.1) is 0 Å². The van der Waals surface area contributed by atoms with Crippen LogP contribution in [0.4, 0.5) is 0 Å². The number of nitrogens with one attached hydrogen (secondary N) is 1. The van der Waals surface area contributed by atoms with Crippen molar-refractivity contribution >= 4 is 10.9 Å². The predicted octanol–water partition coefficient (Wildman–Crippen LogP) is 5.02. The van der Waals surface area contributed by atoms with Crippen LogP contribution >= 0.6 is 0 Å². The smallest absolute Gasteiger partial charge is 0.121 e. The molecule has 3 nitrogen and oxygen atoms in total. The number of phenolic OH excluding ortho intramolecular Hbond substituents is 1. The third-order valence-corrected chi connectivity index (χ3v) is 5.60. The fourth-order valence-corrected chi connectivity index (χ4v) is 4.36. The van der Waals surface area contributed by atoms with Crippen molar-refractivity contribution in [2.45, 2.75) is 19.0 Å². The van der Waals surface area contributed by atoms with Gasteiger partial charge in [-0.05, 0) is 35.2 Å². The second-order valence-electron chi connectivity index (χ2n) is 7.25. The van der Waals surface area contributed by atoms with E-state index >= 15 is 0 Å². The lowest BCUT2D eigenvalue weighted by Crippen LogP contribution is -2.30. The van der Waals surface area contributed by atoms with Crippen molar-refractivity contribution in [2.24, 2.45) is 0 Å². The van der Waals surface area contributed by atoms with E-state index in [4.69, 9.17) is 0 Å². The van der Waals surface area contributed by atoms with Crippen LogP contribution in [0.25, 0.3) is 10.9 Å². The minimum atomic E-state index is 0.0205. The first-order chi connectivity index (χ1) is 13.3. The van der Waals surface area contributed by atoms with Gasteiger partial charge >= 0.3 is 0 Å². The summed E-state index contributed by atoms with van der Waals surface area (Å²) in [5, 5.41) is 12.1. The van der Waals surface area contributed by atoms with Crippen molar-refractivity contribution in [2.75, 3.05) is 6.54 Å². The molecule has 0 saturated carbocycles. The number of hydrogen-bond donors (Lipinski definition) is 2. The van der Waals surface area contributed by atoms with E-state index in [0.717, 1.165) is 30.6 Å². The quantitative estimate of drug-likeness (QED) is 0.542. The molecule has 27 heavy (non-hydrogen) atoms. The highest BCUT2D eigenvalue weighted by atomic mass is 16.3. The van der Waals surface area contributed by atoms with Crippen molar-refractivity contribution in [3.8, 4) is 5.75 Å². The second kappa shape index (κ2) is 6.60. The SMILES string of the molecule is Oc1ccc2[nH]cc3c2c1C(c1ccccc1)N(Cc1ccccc1)CC3. The summed E-state index contributed by atoms with van der Waals surface area (Å²) >= 11 is 0. The molecule has 1 atom stereocenters. The summed E-state index contributed by atoms with van der Waals surface area (Å²) in [6, 6.07) is 24.9. The Morgan fingerprint density at radius 2 is 1.67 bits per heavy atom. The molecule has 0 aliphatic carbocycles. The van der Waals surface area contributed by atoms with Gasteiger partial charge in [-0.2, -0.15) is 0 Å². The Labute approximate surface area is 158 Å². The van der Waals surface area contributed by atoms with Gasteiger partial charge in [0.05, 0.1) is 6.04 Å². The summed E-state index contributed by atoms with van der Waals surface area (Å²) in [4.78, 5) is 5.87. The fourth-order valence-electron chi connectivity index (χ4n) is 4.36. The summed E-state index contributed by atoms with van der Waals surface area (Å²) in [6.45, 7) is 1.79. The fraction of sp³-hybridized carbons (Fsp3) is 0.167. The molecular formula is C24H22N2O. The molecule has 3 aromatic carbocycles. The minimum Gasteiger partial charge on any atom is -0.508 e. The monoisotopic (exact) mass is 354 g/mol. The molecule has 1 unspecified atom stereocenters. The van der Waals surface area contributed by atoms with Gasteiger partial charge in [-0.15, -0.1) is 0 Å². The summed E-state index contributed by atoms with van der Waals surface area (Å²) in [5.41, 5.74) is 5.90. The molecule has 0 amide bonds. The van der Waals surface area contributed by atoms with Crippen molar-refractivity contribution in [3.05, 3.63) is 101 Å². The van der Waals surface area contributed by atoms with E-state index in [0.29, 0.717) is 5.75 Å². The standard InChI is InChI=1S/C24H22N2O/c27-21-12-11-20-22-19(15-25-20)13-14-26(16-17-7-3-1-4-8-17)24(23(21)22)18-9-5-2-6-10-18/h1-12,15,24-25,27H,13-14,16H2. The zero-order valence-corrected chi connectivity index (χ0v) is 15.1. The summed E-state index contributed by atoms with van der Waals surface area (Å²) in [5.74, 6) is 0.372. The van der Waals surface area contributed by atoms with Crippen LogP contribution in [-0.4, -0.2) is 21.5 Å². The average Bonchev–Trinajstić information content (AvgIpc) is 3.05. The molecule has 4 aromatic rings. The number of aromatic amines is 1. The van der Waals surface area contributed by atoms with Gasteiger partial charge in [-0.3, -0.25) is 4.90 Å². The first kappa shape index (κ1) is 16.2. The number of aromatic hydroxyl groups is 1. The molecule has 1 aromatic heterocycles. The maximum atomic E-state index is 10.9. The van der Waals surface area contributed by atoms with E-state index in [2.05, 4.69) is 70.7 Å². The molecule has 1 aliphatic rings. The Morgan fingerprint density at radius 3 is 2.44 bits per heavy atom. The van der Waals surface area contributed by atoms with Crippen LogP contribution in [-0.2, 0) is 13.0 Å². The lowest BCUT2D eigenvalue weighted by atomic mass is 9.93. The Balaban J connectivity index is 1.70. The predicted molar refractivity (Wildman–Crippen MR) is 109 cm³/mol. The van der Waals surface area contributed by atoms with Gasteiger partial charge in [0, 0.05) is 35.8 Å². The van der Waals surface area contributed by atoms with Gasteiger partial charge in [0.15, 0.2) is 0 Å². The Hall–Kier alpha value is -3.04. The number of H-pyrrole nitrogens is 1. The first-order valence-corrected chi connectivity index (χ1v) is 9.46. The van der Waals surface area contributed by atoms with Gasteiger partial charge in [0.25, 0.3) is 0 Å². The number of phenols is 1. The van der Waals surface area contributed by atoms with Crippen LogP contribution in [0.5, 0.6) is 5.75 Å². The highest BCUT2D eigenvalue weighted by Gasteiger charge is 2.30. The second-order valence-corrected chi connectivity index (χ2v) is 7.25. The first-order valence-electron chi connectivity index (χ1n) is 9.46. The van der Waals surface area contributed by atoms with E-state index in [1.807, 2.05) is 18.2 Å². The lowest BCUT2D eigenvalue weighted by Gasteiger charge is -2.32. The zero-order valence-electron chi connectivity index (χ0n) is 15.1. The summed E-state index contributed by atoms with van der Waals surface area (Å²) in [7, 11) is 0. The maximum Gasteiger partial charge on any atom is 0.121 e. The highest BCUT2D eigenvalue weighted by Crippen LogP contribution is 2.43. The highest BCUT2D eigenvalue weighted by molar-refractivity contribution is 5.90. The third kappa shape index (κ3) is 2.81. The normalized spacial score (nSPS) is 17.1. The summed E-state index contributed by atoms with van der Waals surface area (Å²) in [6.07, 6.45) is 3.06. The maximum absolute atomic E-state index is 10.9. The molecular weight excluding hydrogens is 332 g/mol. The average molecular weight is 354 g/mol. The molecule has 134 valence electrons.